The van der Waals surface area contributed by atoms with Gasteiger partial charge in [-0.1, -0.05) is 0 Å². The minimum Gasteiger partial charge on any atom is -0.381 e. The summed E-state index contributed by atoms with van der Waals surface area (Å²) in [4.78, 5) is 17.7. The minimum atomic E-state index is -0.0228. The smallest absolute Gasteiger partial charge is 0.243 e. The maximum atomic E-state index is 11.8. The first kappa shape index (κ1) is 20.9. The number of rotatable bonds is 10. The van der Waals surface area contributed by atoms with Gasteiger partial charge in [-0.2, -0.15) is 0 Å². The largest absolute Gasteiger partial charge is 0.381 e. The summed E-state index contributed by atoms with van der Waals surface area (Å²) < 4.78 is 16.7. The second-order valence-corrected chi connectivity index (χ2v) is 7.05. The summed E-state index contributed by atoms with van der Waals surface area (Å²) in [5.41, 5.74) is 0. The molecule has 0 aliphatic carbocycles. The molecule has 2 aliphatic heterocycles. The van der Waals surface area contributed by atoms with Crippen LogP contribution in [0.15, 0.2) is 4.99 Å². The maximum absolute atomic E-state index is 11.8. The van der Waals surface area contributed by atoms with Gasteiger partial charge in [0.25, 0.3) is 0 Å². The first-order chi connectivity index (χ1) is 12.6. The molecule has 8 nitrogen and oxygen atoms in total. The van der Waals surface area contributed by atoms with Crippen molar-refractivity contribution in [1.82, 2.24) is 15.5 Å². The Morgan fingerprint density at radius 1 is 1.27 bits per heavy atom. The molecule has 2 unspecified atom stereocenters. The van der Waals surface area contributed by atoms with Crippen molar-refractivity contribution in [2.24, 2.45) is 10.9 Å². The predicted octanol–water partition coefficient (Wildman–Crippen LogP) is 0.232. The van der Waals surface area contributed by atoms with Crippen molar-refractivity contribution < 1.29 is 19.0 Å². The monoisotopic (exact) mass is 370 g/mol. The molecule has 26 heavy (non-hydrogen) atoms. The van der Waals surface area contributed by atoms with E-state index in [4.69, 9.17) is 14.2 Å². The van der Waals surface area contributed by atoms with Crippen LogP contribution >= 0.6 is 0 Å². The minimum absolute atomic E-state index is 0.0228. The van der Waals surface area contributed by atoms with Crippen molar-refractivity contribution in [3.8, 4) is 0 Å². The molecular weight excluding hydrogens is 336 g/mol. The van der Waals surface area contributed by atoms with E-state index in [1.807, 2.05) is 0 Å². The van der Waals surface area contributed by atoms with Gasteiger partial charge in [-0.15, -0.1) is 0 Å². The number of amides is 1. The number of aliphatic imine (C=N–C) groups is 1. The number of ether oxygens (including phenoxy) is 3. The summed E-state index contributed by atoms with van der Waals surface area (Å²) in [6.07, 6.45) is 4.38. The van der Waals surface area contributed by atoms with Gasteiger partial charge in [-0.25, -0.2) is 4.99 Å². The molecule has 2 aliphatic rings. The molecule has 0 spiro atoms. The Labute approximate surface area is 156 Å². The van der Waals surface area contributed by atoms with Gasteiger partial charge in [-0.05, 0) is 25.7 Å². The first-order valence-corrected chi connectivity index (χ1v) is 9.64. The van der Waals surface area contributed by atoms with E-state index in [9.17, 15) is 4.79 Å². The summed E-state index contributed by atoms with van der Waals surface area (Å²) in [5, 5.41) is 6.55. The lowest BCUT2D eigenvalue weighted by atomic mass is 10.1. The molecule has 0 saturated carbocycles. The Morgan fingerprint density at radius 2 is 2.15 bits per heavy atom. The zero-order valence-electron chi connectivity index (χ0n) is 16.2. The molecule has 2 fully saturated rings. The molecule has 2 saturated heterocycles. The van der Waals surface area contributed by atoms with E-state index in [-0.39, 0.29) is 18.6 Å². The molecule has 8 heteroatoms. The number of likely N-dealkylation sites (N-methyl/N-ethyl adjacent to an activating group) is 1. The van der Waals surface area contributed by atoms with Crippen LogP contribution in [0, 0.1) is 5.92 Å². The van der Waals surface area contributed by atoms with E-state index in [0.717, 1.165) is 58.7 Å². The molecule has 0 aromatic rings. The molecule has 2 heterocycles. The lowest BCUT2D eigenvalue weighted by Crippen LogP contribution is -2.42. The number of hydrogen-bond donors (Lipinski definition) is 2. The highest BCUT2D eigenvalue weighted by molar-refractivity contribution is 5.84. The van der Waals surface area contributed by atoms with Crippen molar-refractivity contribution in [2.75, 3.05) is 66.8 Å². The Balaban J connectivity index is 1.64. The highest BCUT2D eigenvalue weighted by atomic mass is 16.5. The average molecular weight is 370 g/mol. The van der Waals surface area contributed by atoms with E-state index in [1.165, 1.54) is 0 Å². The summed E-state index contributed by atoms with van der Waals surface area (Å²) in [7, 11) is 3.47. The highest BCUT2D eigenvalue weighted by Gasteiger charge is 2.16. The highest BCUT2D eigenvalue weighted by Crippen LogP contribution is 2.12. The zero-order chi connectivity index (χ0) is 18.6. The predicted molar refractivity (Wildman–Crippen MR) is 100 cm³/mol. The molecule has 2 atom stereocenters. The van der Waals surface area contributed by atoms with Crippen molar-refractivity contribution >= 4 is 11.9 Å². The quantitative estimate of drug-likeness (QED) is 0.325. The Bertz CT molecular complexity index is 433. The Kier molecular flexibility index (Phi) is 9.73. The van der Waals surface area contributed by atoms with Crippen LogP contribution in [-0.4, -0.2) is 89.6 Å². The molecule has 0 aromatic carbocycles. The molecule has 2 rings (SSSR count). The number of guanidine groups is 1. The van der Waals surface area contributed by atoms with E-state index in [2.05, 4.69) is 15.6 Å². The van der Waals surface area contributed by atoms with Crippen LogP contribution in [0.5, 0.6) is 0 Å². The standard InChI is InChI=1S/C18H34N4O4/c1-22(2)17(23)12-21-18(20-11-16-5-3-9-26-16)19-7-4-8-24-13-15-6-10-25-14-15/h15-16H,3-14H2,1-2H3,(H2,19,20,21). The van der Waals surface area contributed by atoms with Gasteiger partial charge in [0.2, 0.25) is 5.91 Å². The van der Waals surface area contributed by atoms with Crippen molar-refractivity contribution in [3.05, 3.63) is 0 Å². The van der Waals surface area contributed by atoms with Gasteiger partial charge in [0.05, 0.1) is 19.3 Å². The molecular formula is C18H34N4O4. The lowest BCUT2D eigenvalue weighted by Gasteiger charge is -2.16. The summed E-state index contributed by atoms with van der Waals surface area (Å²) in [6.45, 7) is 5.57. The second-order valence-electron chi connectivity index (χ2n) is 7.05. The molecule has 0 aromatic heterocycles. The van der Waals surface area contributed by atoms with E-state index in [0.29, 0.717) is 25.0 Å². The van der Waals surface area contributed by atoms with Crippen LogP contribution in [0.1, 0.15) is 25.7 Å². The van der Waals surface area contributed by atoms with Crippen LogP contribution < -0.4 is 10.6 Å². The fraction of sp³-hybridized carbons (Fsp3) is 0.889. The van der Waals surface area contributed by atoms with E-state index < -0.39 is 0 Å². The van der Waals surface area contributed by atoms with Crippen LogP contribution in [0.3, 0.4) is 0 Å². The summed E-state index contributed by atoms with van der Waals surface area (Å²) >= 11 is 0. The normalized spacial score (nSPS) is 23.2. The summed E-state index contributed by atoms with van der Waals surface area (Å²) in [5.74, 6) is 1.18. The third kappa shape index (κ3) is 8.33. The summed E-state index contributed by atoms with van der Waals surface area (Å²) in [6, 6.07) is 0. The van der Waals surface area contributed by atoms with E-state index in [1.54, 1.807) is 19.0 Å². The molecule has 0 bridgehead atoms. The van der Waals surface area contributed by atoms with Gasteiger partial charge in [0, 0.05) is 52.9 Å². The maximum Gasteiger partial charge on any atom is 0.243 e. The topological polar surface area (TPSA) is 84.4 Å². The molecule has 2 N–H and O–H groups in total. The molecule has 150 valence electrons. The third-order valence-electron chi connectivity index (χ3n) is 4.53. The van der Waals surface area contributed by atoms with E-state index >= 15 is 0 Å². The van der Waals surface area contributed by atoms with Gasteiger partial charge < -0.3 is 29.7 Å². The fourth-order valence-corrected chi connectivity index (χ4v) is 2.82. The first-order valence-electron chi connectivity index (χ1n) is 9.64. The molecule has 1 amide bonds. The van der Waals surface area contributed by atoms with Gasteiger partial charge in [0.15, 0.2) is 5.96 Å². The lowest BCUT2D eigenvalue weighted by molar-refractivity contribution is -0.127. The SMILES string of the molecule is CN(C)C(=O)CN=C(NCCCOCC1CCOC1)NCC1CCCO1. The van der Waals surface area contributed by atoms with Crippen LogP contribution in [0.4, 0.5) is 0 Å². The zero-order valence-corrected chi connectivity index (χ0v) is 16.2. The van der Waals surface area contributed by atoms with Crippen LogP contribution in [0.2, 0.25) is 0 Å². The third-order valence-corrected chi connectivity index (χ3v) is 4.53. The number of carbonyl (C=O) groups excluding carboxylic acids is 1. The van der Waals surface area contributed by atoms with Crippen LogP contribution in [-0.2, 0) is 19.0 Å². The Hall–Kier alpha value is -1.38. The number of nitrogens with one attached hydrogen (secondary N) is 2. The average Bonchev–Trinajstić information content (AvgIpc) is 3.32. The van der Waals surface area contributed by atoms with Crippen molar-refractivity contribution in [1.29, 1.82) is 0 Å². The van der Waals surface area contributed by atoms with Gasteiger partial charge in [0.1, 0.15) is 6.54 Å². The number of hydrogen-bond acceptors (Lipinski definition) is 5. The number of nitrogens with zero attached hydrogens (tertiary/aromatic N) is 2. The van der Waals surface area contributed by atoms with Crippen molar-refractivity contribution in [3.63, 3.8) is 0 Å². The fourth-order valence-electron chi connectivity index (χ4n) is 2.82. The molecule has 0 radical (unpaired) electrons. The number of carbonyl (C=O) groups is 1. The van der Waals surface area contributed by atoms with Crippen LogP contribution in [0.25, 0.3) is 0 Å². The van der Waals surface area contributed by atoms with Gasteiger partial charge >= 0.3 is 0 Å². The Morgan fingerprint density at radius 3 is 2.85 bits per heavy atom. The second kappa shape index (κ2) is 12.1. The van der Waals surface area contributed by atoms with Crippen molar-refractivity contribution in [2.45, 2.75) is 31.8 Å². The van der Waals surface area contributed by atoms with Gasteiger partial charge in [-0.3, -0.25) is 4.79 Å².